The van der Waals surface area contributed by atoms with Crippen LogP contribution >= 0.6 is 0 Å². The third-order valence-corrected chi connectivity index (χ3v) is 5.70. The van der Waals surface area contributed by atoms with Gasteiger partial charge in [-0.3, -0.25) is 0 Å². The number of para-hydroxylation sites is 1. The molecular formula is C15H9ClN2O6Se. The van der Waals surface area contributed by atoms with Crippen LogP contribution in [0, 0.1) is 20.4 Å². The van der Waals surface area contributed by atoms with E-state index in [1.54, 1.807) is 12.1 Å². The topological polar surface area (TPSA) is 139 Å². The molecule has 0 aliphatic heterocycles. The molecule has 0 unspecified atom stereocenters. The number of halogens is 1. The first-order valence-corrected chi connectivity index (χ1v) is 9.71. The average Bonchev–Trinajstić information content (AvgIpc) is 2.91. The zero-order chi connectivity index (χ0) is 18.2. The Morgan fingerprint density at radius 1 is 0.920 bits per heavy atom. The molecule has 0 bridgehead atoms. The van der Waals surface area contributed by atoms with E-state index in [-0.39, 0.29) is 10.6 Å². The summed E-state index contributed by atoms with van der Waals surface area (Å²) >= 11 is 0.298. The van der Waals surface area contributed by atoms with Gasteiger partial charge in [-0.1, -0.05) is 0 Å². The molecule has 10 heteroatoms. The number of hydrogen-bond donors (Lipinski definition) is 0. The number of non-ortho nitro benzene ring substituents is 1. The zero-order valence-corrected chi connectivity index (χ0v) is 14.8. The Morgan fingerprint density at radius 2 is 1.60 bits per heavy atom. The molecule has 128 valence electrons. The summed E-state index contributed by atoms with van der Waals surface area (Å²) in [4.78, 5) is 10.5. The number of benzene rings is 2. The van der Waals surface area contributed by atoms with Crippen LogP contribution in [0.2, 0.25) is 0 Å². The monoisotopic (exact) mass is 428 g/mol. The third-order valence-electron chi connectivity index (χ3n) is 3.41. The molecule has 0 spiro atoms. The predicted octanol–water partition coefficient (Wildman–Crippen LogP) is -2.06. The van der Waals surface area contributed by atoms with Gasteiger partial charge in [-0.2, -0.15) is 0 Å². The Hall–Kier alpha value is -2.10. The minimum Gasteiger partial charge on any atom is -0.222 e. The summed E-state index contributed by atoms with van der Waals surface area (Å²) in [6.45, 7) is 0. The summed E-state index contributed by atoms with van der Waals surface area (Å²) in [5, 5.41) is 11.8. The number of hydrogen-bond acceptors (Lipinski definition) is 6. The summed E-state index contributed by atoms with van der Waals surface area (Å²) in [6, 6.07) is 17.4. The van der Waals surface area contributed by atoms with Crippen LogP contribution in [0.1, 0.15) is 0 Å². The molecule has 0 fully saturated rings. The van der Waals surface area contributed by atoms with Gasteiger partial charge >= 0.3 is 119 Å². The standard InChI is InChI=1S/C15H9N2O2Se.ClHO4/c18-17(19)11-6-7-12-10(9-11)5-8-15-16(12)13-3-1-2-4-14(13)20-15;2-1(3,4)5/h1-9H;(H,2,3,4,5)/q+1;/p-1. The predicted molar refractivity (Wildman–Crippen MR) is 78.2 cm³/mol. The van der Waals surface area contributed by atoms with Crippen molar-refractivity contribution in [2.75, 3.05) is 0 Å². The number of rotatable bonds is 1. The zero-order valence-electron chi connectivity index (χ0n) is 12.3. The smallest absolute Gasteiger partial charge is 0.112 e. The minimum atomic E-state index is -4.94. The number of aromatic nitrogens is 1. The SMILES string of the molecule is O=[N+]([O-])c1ccc2c(ccc3[se]c4ccccc4[n+]32)c1.[O-][Cl+3]([O-])([O-])[O-]. The molecular weight excluding hydrogens is 419 g/mol. The maximum Gasteiger partial charge on any atom is -0.112 e. The molecule has 8 nitrogen and oxygen atoms in total. The van der Waals surface area contributed by atoms with Crippen molar-refractivity contribution >= 4 is 45.3 Å². The van der Waals surface area contributed by atoms with Crippen LogP contribution < -0.4 is 23.0 Å². The van der Waals surface area contributed by atoms with E-state index in [1.165, 1.54) is 14.2 Å². The molecule has 0 amide bonds. The molecule has 2 aromatic carbocycles. The molecule has 0 radical (unpaired) electrons. The van der Waals surface area contributed by atoms with E-state index in [9.17, 15) is 10.1 Å². The van der Waals surface area contributed by atoms with Gasteiger partial charge in [0.1, 0.15) is 0 Å². The summed E-state index contributed by atoms with van der Waals surface area (Å²) in [5.74, 6) is 0. The van der Waals surface area contributed by atoms with Crippen LogP contribution in [-0.4, -0.2) is 19.4 Å². The first-order valence-electron chi connectivity index (χ1n) is 6.76. The molecule has 0 atom stereocenters. The van der Waals surface area contributed by atoms with Gasteiger partial charge in [0.05, 0.1) is 0 Å². The number of nitrogens with zero attached hydrogens (tertiary/aromatic N) is 2. The van der Waals surface area contributed by atoms with Crippen LogP contribution in [0.3, 0.4) is 0 Å². The van der Waals surface area contributed by atoms with Crippen molar-refractivity contribution in [2.45, 2.75) is 0 Å². The van der Waals surface area contributed by atoms with Gasteiger partial charge in [-0.15, -0.1) is 10.2 Å². The number of pyridine rings is 1. The van der Waals surface area contributed by atoms with Gasteiger partial charge in [0.25, 0.3) is 0 Å². The van der Waals surface area contributed by atoms with E-state index in [0.29, 0.717) is 14.5 Å². The van der Waals surface area contributed by atoms with E-state index in [4.69, 9.17) is 18.6 Å². The second-order valence-electron chi connectivity index (χ2n) is 4.95. The van der Waals surface area contributed by atoms with Crippen LogP contribution in [0.5, 0.6) is 0 Å². The minimum absolute atomic E-state index is 0.134. The third kappa shape index (κ3) is 3.94. The Balaban J connectivity index is 0.000000324. The van der Waals surface area contributed by atoms with Crippen LogP contribution in [0.25, 0.3) is 25.1 Å². The summed E-state index contributed by atoms with van der Waals surface area (Å²) < 4.78 is 38.8. The first kappa shape index (κ1) is 17.7. The van der Waals surface area contributed by atoms with E-state index >= 15 is 0 Å². The Bertz CT molecular complexity index is 1090. The first-order chi connectivity index (χ1) is 11.7. The maximum absolute atomic E-state index is 10.9. The fourth-order valence-electron chi connectivity index (χ4n) is 2.52. The normalized spacial score (nSPS) is 11.5. The van der Waals surface area contributed by atoms with Crippen molar-refractivity contribution in [1.29, 1.82) is 0 Å². The van der Waals surface area contributed by atoms with Crippen LogP contribution in [0.15, 0.2) is 54.6 Å². The molecule has 0 aliphatic rings. The van der Waals surface area contributed by atoms with Crippen LogP contribution in [0.4, 0.5) is 5.69 Å². The molecule has 25 heavy (non-hydrogen) atoms. The van der Waals surface area contributed by atoms with Crippen LogP contribution in [-0.2, 0) is 0 Å². The van der Waals surface area contributed by atoms with E-state index in [2.05, 4.69) is 28.7 Å². The number of fused-ring (bicyclic) bond motifs is 5. The maximum atomic E-state index is 10.9. The van der Waals surface area contributed by atoms with E-state index < -0.39 is 10.2 Å². The molecule has 2 heterocycles. The number of nitro groups is 1. The van der Waals surface area contributed by atoms with Gasteiger partial charge in [-0.25, -0.2) is 18.6 Å². The molecule has 0 saturated heterocycles. The van der Waals surface area contributed by atoms with Crippen molar-refractivity contribution in [1.82, 2.24) is 0 Å². The van der Waals surface area contributed by atoms with Gasteiger partial charge in [0.15, 0.2) is 0 Å². The van der Waals surface area contributed by atoms with Gasteiger partial charge in [0.2, 0.25) is 0 Å². The molecule has 0 aliphatic carbocycles. The summed E-state index contributed by atoms with van der Waals surface area (Å²) in [7, 11) is -4.94. The molecule has 0 saturated carbocycles. The fraction of sp³-hybridized carbons (Fsp3) is 0. The fourth-order valence-corrected chi connectivity index (χ4v) is 4.74. The largest absolute Gasteiger partial charge is 0.222 e. The quantitative estimate of drug-likeness (QED) is 0.148. The Morgan fingerprint density at radius 3 is 2.28 bits per heavy atom. The average molecular weight is 428 g/mol. The second-order valence-corrected chi connectivity index (χ2v) is 7.94. The summed E-state index contributed by atoms with van der Waals surface area (Å²) in [6.07, 6.45) is 0. The second kappa shape index (κ2) is 6.66. The van der Waals surface area contributed by atoms with Crippen molar-refractivity contribution in [3.8, 4) is 0 Å². The van der Waals surface area contributed by atoms with E-state index in [1.807, 2.05) is 18.2 Å². The Kier molecular flexibility index (Phi) is 4.72. The van der Waals surface area contributed by atoms with Gasteiger partial charge < -0.3 is 0 Å². The Labute approximate surface area is 148 Å². The van der Waals surface area contributed by atoms with Gasteiger partial charge in [-0.05, 0) is 0 Å². The van der Waals surface area contributed by atoms with Crippen molar-refractivity contribution in [2.24, 2.45) is 0 Å². The summed E-state index contributed by atoms with van der Waals surface area (Å²) in [5.41, 5.74) is 2.36. The number of nitro benzene ring substituents is 1. The molecule has 4 rings (SSSR count). The van der Waals surface area contributed by atoms with E-state index in [0.717, 1.165) is 10.9 Å². The molecule has 4 aromatic rings. The van der Waals surface area contributed by atoms with Crippen molar-refractivity contribution in [3.63, 3.8) is 0 Å². The van der Waals surface area contributed by atoms with Gasteiger partial charge in [0, 0.05) is 0 Å². The van der Waals surface area contributed by atoms with Crippen molar-refractivity contribution < 1.29 is 38.2 Å². The van der Waals surface area contributed by atoms with Crippen molar-refractivity contribution in [3.05, 3.63) is 64.7 Å². The molecule has 0 N–H and O–H groups in total. The molecule has 2 aromatic heterocycles.